The Balaban J connectivity index is 1.99. The topological polar surface area (TPSA) is 57.8 Å². The zero-order valence-corrected chi connectivity index (χ0v) is 14.6. The summed E-state index contributed by atoms with van der Waals surface area (Å²) in [5.41, 5.74) is 1.58. The Kier molecular flexibility index (Phi) is 4.80. The first-order valence-electron chi connectivity index (χ1n) is 7.52. The highest BCUT2D eigenvalue weighted by Gasteiger charge is 2.14. The Hall–Kier alpha value is -1.69. The van der Waals surface area contributed by atoms with Gasteiger partial charge in [-0.15, -0.1) is 11.3 Å². The van der Waals surface area contributed by atoms with Crippen LogP contribution in [0.2, 0.25) is 5.02 Å². The maximum Gasteiger partial charge on any atom is 0.260 e. The summed E-state index contributed by atoms with van der Waals surface area (Å²) >= 11 is 7.73. The lowest BCUT2D eigenvalue weighted by Crippen LogP contribution is -2.22. The number of H-pyrrole nitrogens is 1. The molecule has 0 amide bonds. The van der Waals surface area contributed by atoms with E-state index < -0.39 is 0 Å². The van der Waals surface area contributed by atoms with Crippen LogP contribution in [0, 0.1) is 5.92 Å². The predicted molar refractivity (Wildman–Crippen MR) is 97.2 cm³/mol. The SMILES string of the molecule is CC(C)CNCc1nc2scc(-c3ccccc3Cl)c2c(=O)[nH]1. The molecule has 0 saturated carbocycles. The number of aromatic nitrogens is 2. The van der Waals surface area contributed by atoms with Gasteiger partial charge in [0.1, 0.15) is 10.7 Å². The minimum Gasteiger partial charge on any atom is -0.310 e. The van der Waals surface area contributed by atoms with Gasteiger partial charge in [-0.05, 0) is 18.5 Å². The number of nitrogens with one attached hydrogen (secondary N) is 2. The van der Waals surface area contributed by atoms with E-state index in [1.807, 2.05) is 29.6 Å². The van der Waals surface area contributed by atoms with Crippen LogP contribution in [-0.4, -0.2) is 16.5 Å². The molecule has 4 nitrogen and oxygen atoms in total. The molecule has 0 aliphatic carbocycles. The number of fused-ring (bicyclic) bond motifs is 1. The Morgan fingerprint density at radius 2 is 2.09 bits per heavy atom. The zero-order chi connectivity index (χ0) is 16.4. The summed E-state index contributed by atoms with van der Waals surface area (Å²) < 4.78 is 0. The van der Waals surface area contributed by atoms with Gasteiger partial charge >= 0.3 is 0 Å². The van der Waals surface area contributed by atoms with Crippen molar-refractivity contribution < 1.29 is 0 Å². The molecule has 2 aromatic heterocycles. The molecule has 0 spiro atoms. The van der Waals surface area contributed by atoms with Gasteiger partial charge in [0.15, 0.2) is 0 Å². The molecule has 0 atom stereocenters. The van der Waals surface area contributed by atoms with Crippen LogP contribution < -0.4 is 10.9 Å². The lowest BCUT2D eigenvalue weighted by atomic mass is 10.1. The first-order valence-corrected chi connectivity index (χ1v) is 8.78. The van der Waals surface area contributed by atoms with E-state index in [2.05, 4.69) is 29.1 Å². The number of aromatic amines is 1. The molecule has 0 radical (unpaired) electrons. The van der Waals surface area contributed by atoms with Crippen LogP contribution >= 0.6 is 22.9 Å². The zero-order valence-electron chi connectivity index (χ0n) is 13.0. The average molecular weight is 348 g/mol. The fraction of sp³-hybridized carbons (Fsp3) is 0.294. The molecule has 0 fully saturated rings. The third-order valence-corrected chi connectivity index (χ3v) is 4.70. The molecule has 0 aliphatic rings. The van der Waals surface area contributed by atoms with Crippen molar-refractivity contribution >= 4 is 33.2 Å². The minimum absolute atomic E-state index is 0.118. The maximum absolute atomic E-state index is 12.5. The van der Waals surface area contributed by atoms with Crippen molar-refractivity contribution in [3.05, 3.63) is 50.8 Å². The van der Waals surface area contributed by atoms with Gasteiger partial charge in [0.25, 0.3) is 5.56 Å². The molecule has 3 rings (SSSR count). The summed E-state index contributed by atoms with van der Waals surface area (Å²) in [6, 6.07) is 7.53. The molecular formula is C17H18ClN3OS. The van der Waals surface area contributed by atoms with Crippen LogP contribution in [0.3, 0.4) is 0 Å². The largest absolute Gasteiger partial charge is 0.310 e. The highest BCUT2D eigenvalue weighted by Crippen LogP contribution is 2.34. The molecule has 2 N–H and O–H groups in total. The van der Waals surface area contributed by atoms with Gasteiger partial charge in [-0.1, -0.05) is 43.6 Å². The van der Waals surface area contributed by atoms with Crippen molar-refractivity contribution in [2.24, 2.45) is 5.92 Å². The van der Waals surface area contributed by atoms with E-state index in [1.165, 1.54) is 11.3 Å². The van der Waals surface area contributed by atoms with Crippen LogP contribution in [0.25, 0.3) is 21.3 Å². The summed E-state index contributed by atoms with van der Waals surface area (Å²) in [7, 11) is 0. The number of hydrogen-bond donors (Lipinski definition) is 2. The van der Waals surface area contributed by atoms with Crippen molar-refractivity contribution in [3.63, 3.8) is 0 Å². The second kappa shape index (κ2) is 6.83. The molecule has 0 saturated heterocycles. The summed E-state index contributed by atoms with van der Waals surface area (Å²) in [5, 5.41) is 6.48. The highest BCUT2D eigenvalue weighted by atomic mass is 35.5. The third-order valence-electron chi connectivity index (χ3n) is 3.50. The highest BCUT2D eigenvalue weighted by molar-refractivity contribution is 7.17. The Morgan fingerprint density at radius 1 is 1.30 bits per heavy atom. The van der Waals surface area contributed by atoms with Gasteiger partial charge in [-0.3, -0.25) is 4.79 Å². The molecule has 120 valence electrons. The summed E-state index contributed by atoms with van der Waals surface area (Å²) in [6.07, 6.45) is 0. The number of benzene rings is 1. The van der Waals surface area contributed by atoms with Crippen LogP contribution in [0.15, 0.2) is 34.4 Å². The maximum atomic E-state index is 12.5. The van der Waals surface area contributed by atoms with Gasteiger partial charge in [-0.25, -0.2) is 4.98 Å². The van der Waals surface area contributed by atoms with Gasteiger partial charge in [-0.2, -0.15) is 0 Å². The standard InChI is InChI=1S/C17H18ClN3OS/c1-10(2)7-19-8-14-20-16(22)15-12(9-23-17(15)21-14)11-5-3-4-6-13(11)18/h3-6,9-10,19H,7-8H2,1-2H3,(H,20,21,22). The van der Waals surface area contributed by atoms with Crippen molar-refractivity contribution in [1.29, 1.82) is 0 Å². The van der Waals surface area contributed by atoms with Crippen LogP contribution in [-0.2, 0) is 6.54 Å². The van der Waals surface area contributed by atoms with E-state index in [9.17, 15) is 4.79 Å². The first-order chi connectivity index (χ1) is 11.1. The minimum atomic E-state index is -0.118. The quantitative estimate of drug-likeness (QED) is 0.732. The van der Waals surface area contributed by atoms with E-state index >= 15 is 0 Å². The van der Waals surface area contributed by atoms with Crippen molar-refractivity contribution in [1.82, 2.24) is 15.3 Å². The number of rotatable bonds is 5. The molecule has 23 heavy (non-hydrogen) atoms. The van der Waals surface area contributed by atoms with Crippen molar-refractivity contribution in [2.45, 2.75) is 20.4 Å². The molecule has 2 heterocycles. The molecule has 0 aliphatic heterocycles. The molecule has 3 aromatic rings. The van der Waals surface area contributed by atoms with E-state index in [-0.39, 0.29) is 5.56 Å². The molecule has 6 heteroatoms. The second-order valence-electron chi connectivity index (χ2n) is 5.85. The lowest BCUT2D eigenvalue weighted by Gasteiger charge is -2.07. The Labute approximate surface area is 143 Å². The number of nitrogens with zero attached hydrogens (tertiary/aromatic N) is 1. The van der Waals surface area contributed by atoms with E-state index in [4.69, 9.17) is 11.6 Å². The first kappa shape index (κ1) is 16.2. The summed E-state index contributed by atoms with van der Waals surface area (Å²) in [4.78, 5) is 20.7. The summed E-state index contributed by atoms with van der Waals surface area (Å²) in [6.45, 7) is 5.72. The molecular weight excluding hydrogens is 330 g/mol. The second-order valence-corrected chi connectivity index (χ2v) is 7.11. The number of hydrogen-bond acceptors (Lipinski definition) is 4. The van der Waals surface area contributed by atoms with Gasteiger partial charge < -0.3 is 10.3 Å². The smallest absolute Gasteiger partial charge is 0.260 e. The fourth-order valence-electron chi connectivity index (χ4n) is 2.43. The van der Waals surface area contributed by atoms with E-state index in [1.54, 1.807) is 0 Å². The molecule has 0 bridgehead atoms. The molecule has 1 aromatic carbocycles. The van der Waals surface area contributed by atoms with Gasteiger partial charge in [0.2, 0.25) is 0 Å². The number of thiophene rings is 1. The summed E-state index contributed by atoms with van der Waals surface area (Å²) in [5.74, 6) is 1.22. The Morgan fingerprint density at radius 3 is 2.83 bits per heavy atom. The molecule has 0 unspecified atom stereocenters. The van der Waals surface area contributed by atoms with E-state index in [0.29, 0.717) is 28.7 Å². The predicted octanol–water partition coefficient (Wildman–Crippen LogP) is 4.05. The third kappa shape index (κ3) is 3.47. The van der Waals surface area contributed by atoms with Crippen LogP contribution in [0.5, 0.6) is 0 Å². The van der Waals surface area contributed by atoms with Gasteiger partial charge in [0.05, 0.1) is 11.9 Å². The lowest BCUT2D eigenvalue weighted by molar-refractivity contribution is 0.543. The van der Waals surface area contributed by atoms with Crippen molar-refractivity contribution in [3.8, 4) is 11.1 Å². The fourth-order valence-corrected chi connectivity index (χ4v) is 3.63. The van der Waals surface area contributed by atoms with E-state index in [0.717, 1.165) is 22.5 Å². The monoisotopic (exact) mass is 347 g/mol. The van der Waals surface area contributed by atoms with Crippen LogP contribution in [0.4, 0.5) is 0 Å². The number of halogens is 1. The average Bonchev–Trinajstić information content (AvgIpc) is 2.91. The van der Waals surface area contributed by atoms with Crippen LogP contribution in [0.1, 0.15) is 19.7 Å². The van der Waals surface area contributed by atoms with Gasteiger partial charge in [0, 0.05) is 21.5 Å². The van der Waals surface area contributed by atoms with Crippen molar-refractivity contribution in [2.75, 3.05) is 6.54 Å². The normalized spacial score (nSPS) is 11.5. The Bertz CT molecular complexity index is 885.